The second-order valence-electron chi connectivity index (χ2n) is 21.0. The van der Waals surface area contributed by atoms with Crippen molar-refractivity contribution in [1.29, 1.82) is 0 Å². The van der Waals surface area contributed by atoms with Crippen LogP contribution in [-0.2, 0) is 23.7 Å². The number of aliphatic hydroxyl groups excluding tert-OH is 10. The van der Waals surface area contributed by atoms with Crippen LogP contribution in [0.3, 0.4) is 0 Å². The van der Waals surface area contributed by atoms with Gasteiger partial charge in [-0.2, -0.15) is 0 Å². The van der Waals surface area contributed by atoms with Gasteiger partial charge in [0.05, 0.1) is 43.0 Å². The van der Waals surface area contributed by atoms with E-state index in [-0.39, 0.29) is 47.0 Å². The Hall–Kier alpha value is -1.09. The van der Waals surface area contributed by atoms with Crippen LogP contribution in [0.25, 0.3) is 0 Å². The molecule has 7 fully saturated rings. The first-order valence-electron chi connectivity index (χ1n) is 22.1. The van der Waals surface area contributed by atoms with Gasteiger partial charge in [0.15, 0.2) is 6.29 Å². The molecule has 22 atom stereocenters. The van der Waals surface area contributed by atoms with Gasteiger partial charge in [-0.1, -0.05) is 34.6 Å². The summed E-state index contributed by atoms with van der Waals surface area (Å²) in [4.78, 5) is 14.2. The maximum atomic E-state index is 14.2. The molecule has 0 radical (unpaired) electrons. The van der Waals surface area contributed by atoms with Crippen LogP contribution in [0.1, 0.15) is 106 Å². The van der Waals surface area contributed by atoms with Crippen molar-refractivity contribution < 1.29 is 79.9 Å². The molecule has 0 bridgehead atoms. The Morgan fingerprint density at radius 3 is 1.90 bits per heavy atom. The first kappa shape index (κ1) is 45.9. The Labute approximate surface area is 346 Å². The smallest absolute Gasteiger partial charge is 0.317 e. The van der Waals surface area contributed by atoms with Gasteiger partial charge in [-0.25, -0.2) is 0 Å². The normalized spacial score (nSPS) is 53.4. The molecule has 16 nitrogen and oxygen atoms in total. The summed E-state index contributed by atoms with van der Waals surface area (Å²) in [6, 6.07) is 0. The summed E-state index contributed by atoms with van der Waals surface area (Å²) >= 11 is 0. The third-order valence-corrected chi connectivity index (χ3v) is 18.5. The van der Waals surface area contributed by atoms with Crippen molar-refractivity contribution in [3.63, 3.8) is 0 Å². The molecule has 5 saturated carbocycles. The highest BCUT2D eigenvalue weighted by molar-refractivity contribution is 5.78. The van der Waals surface area contributed by atoms with Gasteiger partial charge in [0.1, 0.15) is 48.8 Å². The quantitative estimate of drug-likeness (QED) is 0.113. The number of esters is 1. The van der Waals surface area contributed by atoms with Crippen molar-refractivity contribution in [2.24, 2.45) is 56.7 Å². The molecule has 7 aliphatic rings. The van der Waals surface area contributed by atoms with Crippen LogP contribution in [0, 0.1) is 56.7 Å². The number of hydrogen-bond acceptors (Lipinski definition) is 16. The van der Waals surface area contributed by atoms with Gasteiger partial charge in [0, 0.05) is 11.8 Å². The van der Waals surface area contributed by atoms with E-state index in [2.05, 4.69) is 20.8 Å². The first-order chi connectivity index (χ1) is 27.5. The van der Waals surface area contributed by atoms with E-state index < -0.39 is 115 Å². The van der Waals surface area contributed by atoms with Crippen LogP contribution in [0.5, 0.6) is 0 Å². The summed E-state index contributed by atoms with van der Waals surface area (Å²) in [7, 11) is 0. The van der Waals surface area contributed by atoms with Crippen LogP contribution >= 0.6 is 0 Å². The van der Waals surface area contributed by atoms with E-state index in [0.717, 1.165) is 38.5 Å². The number of aliphatic hydroxyl groups is 11. The average Bonchev–Trinajstić information content (AvgIpc) is 3.82. The van der Waals surface area contributed by atoms with E-state index in [9.17, 15) is 61.0 Å². The van der Waals surface area contributed by atoms with E-state index >= 15 is 0 Å². The molecule has 5 aliphatic carbocycles. The Morgan fingerprint density at radius 1 is 0.729 bits per heavy atom. The molecule has 11 N–H and O–H groups in total. The van der Waals surface area contributed by atoms with E-state index in [0.29, 0.717) is 25.2 Å². The van der Waals surface area contributed by atoms with E-state index in [1.165, 1.54) is 0 Å². The predicted molar refractivity (Wildman–Crippen MR) is 206 cm³/mol. The van der Waals surface area contributed by atoms with Crippen LogP contribution in [0.2, 0.25) is 0 Å². The molecule has 7 rings (SSSR count). The number of rotatable bonds is 12. The zero-order valence-corrected chi connectivity index (χ0v) is 35.5. The highest BCUT2D eigenvalue weighted by Gasteiger charge is 2.86. The molecule has 2 saturated heterocycles. The van der Waals surface area contributed by atoms with Gasteiger partial charge in [0.25, 0.3) is 0 Å². The predicted octanol–water partition coefficient (Wildman–Crippen LogP) is -0.300. The van der Waals surface area contributed by atoms with Crippen LogP contribution < -0.4 is 0 Å². The Morgan fingerprint density at radius 2 is 1.31 bits per heavy atom. The fraction of sp³-hybridized carbons (Fsp3) is 0.977. The van der Waals surface area contributed by atoms with Gasteiger partial charge in [-0.3, -0.25) is 4.79 Å². The standard InChI is InChI=1S/C43H72O16/c1-20(2)42(55,19-56-35-33(52)31(50)29(48)23(16-44)57-35)12-9-21(3)22-10-11-39(5)25-7-8-26-40(6,37(54)59-36-34(53)32(51)30(49)24(17-45)58-36)27(46)15-28(47)43(26)18-41(25,43)14-13-38(22,39)4/h20-36,44-53,55H,7-19H2,1-6H3/t21-,22-,23-,24-,25+,26-,27+,28+,29-,30-,31+,32+,33-,34-,35-,36+,38-,39+,40+,41+,42+,43-/m1/s1. The summed E-state index contributed by atoms with van der Waals surface area (Å²) < 4.78 is 22.6. The van der Waals surface area contributed by atoms with Gasteiger partial charge in [0.2, 0.25) is 6.29 Å². The number of hydrogen-bond donors (Lipinski definition) is 11. The number of carbonyl (C=O) groups is 1. The van der Waals surface area contributed by atoms with Crippen LogP contribution in [0.15, 0.2) is 0 Å². The lowest BCUT2D eigenvalue weighted by molar-refractivity contribution is -0.310. The lowest BCUT2D eigenvalue weighted by Crippen LogP contribution is -2.65. The molecule has 16 heteroatoms. The van der Waals surface area contributed by atoms with Gasteiger partial charge in [-0.05, 0) is 111 Å². The minimum absolute atomic E-state index is 0.0161. The van der Waals surface area contributed by atoms with Crippen molar-refractivity contribution in [1.82, 2.24) is 0 Å². The molecule has 0 amide bonds. The van der Waals surface area contributed by atoms with Crippen molar-refractivity contribution in [3.05, 3.63) is 0 Å². The van der Waals surface area contributed by atoms with Crippen LogP contribution in [-0.4, -0.2) is 161 Å². The van der Waals surface area contributed by atoms with E-state index in [1.54, 1.807) is 6.92 Å². The topological polar surface area (TPSA) is 277 Å². The first-order valence-corrected chi connectivity index (χ1v) is 22.1. The lowest BCUT2D eigenvalue weighted by Gasteiger charge is -2.63. The molecule has 0 unspecified atom stereocenters. The molecule has 2 aliphatic heterocycles. The summed E-state index contributed by atoms with van der Waals surface area (Å²) in [5.74, 6) is -0.624. The third kappa shape index (κ3) is 6.63. The van der Waals surface area contributed by atoms with E-state index in [4.69, 9.17) is 18.9 Å². The molecule has 0 aromatic carbocycles. The molecule has 0 aromatic heterocycles. The maximum absolute atomic E-state index is 14.2. The molecule has 340 valence electrons. The van der Waals surface area contributed by atoms with E-state index in [1.807, 2.05) is 13.8 Å². The Balaban J connectivity index is 1.05. The van der Waals surface area contributed by atoms with Crippen molar-refractivity contribution in [3.8, 4) is 0 Å². The fourth-order valence-electron chi connectivity index (χ4n) is 14.3. The Kier molecular flexibility index (Phi) is 12.3. The third-order valence-electron chi connectivity index (χ3n) is 18.5. The van der Waals surface area contributed by atoms with Crippen molar-refractivity contribution >= 4 is 5.97 Å². The summed E-state index contributed by atoms with van der Waals surface area (Å²) in [6.07, 6.45) is -10.3. The molecular formula is C43H72O16. The number of carbonyl (C=O) groups excluding carboxylic acids is 1. The number of fused-ring (bicyclic) bond motifs is 2. The molecular weight excluding hydrogens is 772 g/mol. The molecule has 59 heavy (non-hydrogen) atoms. The summed E-state index contributed by atoms with van der Waals surface area (Å²) in [5.41, 5.74) is -3.74. The van der Waals surface area contributed by atoms with Crippen molar-refractivity contribution in [2.75, 3.05) is 19.8 Å². The molecule has 2 heterocycles. The summed E-state index contributed by atoms with van der Waals surface area (Å²) in [5, 5.41) is 117. The monoisotopic (exact) mass is 844 g/mol. The van der Waals surface area contributed by atoms with Gasteiger partial charge < -0.3 is 75.1 Å². The second-order valence-corrected chi connectivity index (χ2v) is 21.0. The lowest BCUT2D eigenvalue weighted by atomic mass is 9.41. The number of ether oxygens (including phenoxy) is 4. The maximum Gasteiger partial charge on any atom is 0.317 e. The zero-order valence-electron chi connectivity index (χ0n) is 35.5. The minimum atomic E-state index is -1.78. The molecule has 0 aromatic rings. The van der Waals surface area contributed by atoms with Crippen LogP contribution in [0.4, 0.5) is 0 Å². The van der Waals surface area contributed by atoms with Crippen molar-refractivity contribution in [2.45, 2.75) is 185 Å². The highest BCUT2D eigenvalue weighted by Crippen LogP contribution is 2.89. The summed E-state index contributed by atoms with van der Waals surface area (Å²) in [6.45, 7) is 11.1. The molecule has 2 spiro atoms. The zero-order chi connectivity index (χ0) is 43.4. The fourth-order valence-corrected chi connectivity index (χ4v) is 14.3. The highest BCUT2D eigenvalue weighted by atomic mass is 16.7. The minimum Gasteiger partial charge on any atom is -0.432 e. The largest absolute Gasteiger partial charge is 0.432 e. The van der Waals surface area contributed by atoms with Gasteiger partial charge >= 0.3 is 5.97 Å². The van der Waals surface area contributed by atoms with Gasteiger partial charge in [-0.15, -0.1) is 0 Å². The second kappa shape index (κ2) is 15.9. The SMILES string of the molecule is CC(C)[C@](O)(CC[C@@H](C)[C@H]1CC[C@@]2(C)[C@@H]3CC[C@@H]4[C@](C)(C(=O)O[C@@H]5O[C@H](CO)[C@@H](O)[C@H](O)[C@H]5O)[C@@H](O)C[C@H](O)[C@@]45C[C@@]35CC[C@]12C)CO[C@@H]1O[C@H](CO)[C@@H](O)[C@H](O)[C@H]1O. The Bertz CT molecular complexity index is 1530. The average molecular weight is 845 g/mol.